The van der Waals surface area contributed by atoms with Gasteiger partial charge in [-0.15, -0.1) is 11.3 Å². The molecule has 0 saturated heterocycles. The first-order chi connectivity index (χ1) is 8.35. The summed E-state index contributed by atoms with van der Waals surface area (Å²) >= 11 is 1.86. The topological polar surface area (TPSA) is 50.4 Å². The van der Waals surface area contributed by atoms with E-state index in [1.807, 2.05) is 11.3 Å². The molecule has 3 N–H and O–H groups in total. The molecule has 2 rings (SSSR count). The number of rotatable bonds is 3. The SMILES string of the molecule is CCCN=C(NN)c1cc2c(s1)CCCCC2. The third kappa shape index (κ3) is 3.07. The minimum absolute atomic E-state index is 0.835. The molecule has 17 heavy (non-hydrogen) atoms. The van der Waals surface area contributed by atoms with Crippen LogP contribution in [0.25, 0.3) is 0 Å². The molecular formula is C13H21N3S. The minimum atomic E-state index is 0.835. The van der Waals surface area contributed by atoms with Crippen LogP contribution in [0.1, 0.15) is 47.9 Å². The Bertz CT molecular complexity index is 372. The summed E-state index contributed by atoms with van der Waals surface area (Å²) in [6.07, 6.45) is 7.51. The molecule has 0 aliphatic heterocycles. The number of nitrogens with one attached hydrogen (secondary N) is 1. The zero-order valence-corrected chi connectivity index (χ0v) is 11.3. The molecule has 1 heterocycles. The summed E-state index contributed by atoms with van der Waals surface area (Å²) < 4.78 is 0. The van der Waals surface area contributed by atoms with Gasteiger partial charge < -0.3 is 5.43 Å². The van der Waals surface area contributed by atoms with Gasteiger partial charge in [0.25, 0.3) is 0 Å². The van der Waals surface area contributed by atoms with Gasteiger partial charge in [0, 0.05) is 11.4 Å². The number of hydrogen-bond donors (Lipinski definition) is 2. The quantitative estimate of drug-likeness (QED) is 0.285. The first kappa shape index (κ1) is 12.6. The Morgan fingerprint density at radius 3 is 3.00 bits per heavy atom. The van der Waals surface area contributed by atoms with Crippen molar-refractivity contribution >= 4 is 17.2 Å². The molecular weight excluding hydrogens is 230 g/mol. The van der Waals surface area contributed by atoms with Crippen molar-refractivity contribution in [2.75, 3.05) is 6.54 Å². The number of aliphatic imine (C=N–C) groups is 1. The van der Waals surface area contributed by atoms with E-state index in [1.165, 1.54) is 47.4 Å². The number of hydrazine groups is 1. The lowest BCUT2D eigenvalue weighted by Gasteiger charge is -2.02. The van der Waals surface area contributed by atoms with E-state index in [0.29, 0.717) is 0 Å². The molecule has 0 atom stereocenters. The third-order valence-corrected chi connectivity index (χ3v) is 4.35. The van der Waals surface area contributed by atoms with Gasteiger partial charge in [-0.3, -0.25) is 4.99 Å². The lowest BCUT2D eigenvalue weighted by atomic mass is 10.1. The Balaban J connectivity index is 2.21. The fourth-order valence-electron chi connectivity index (χ4n) is 2.20. The predicted octanol–water partition coefficient (Wildman–Crippen LogP) is 2.64. The van der Waals surface area contributed by atoms with Crippen molar-refractivity contribution in [2.24, 2.45) is 10.8 Å². The van der Waals surface area contributed by atoms with Crippen LogP contribution in [0.5, 0.6) is 0 Å². The molecule has 0 radical (unpaired) electrons. The standard InChI is InChI=1S/C13H21N3S/c1-2-8-15-13(16-14)12-9-10-6-4-3-5-7-11(10)17-12/h9H,2-8,14H2,1H3,(H,15,16). The monoisotopic (exact) mass is 251 g/mol. The van der Waals surface area contributed by atoms with Gasteiger partial charge in [-0.2, -0.15) is 0 Å². The Labute approximate surface area is 107 Å². The zero-order chi connectivity index (χ0) is 12.1. The zero-order valence-electron chi connectivity index (χ0n) is 10.5. The van der Waals surface area contributed by atoms with Gasteiger partial charge in [0.05, 0.1) is 4.88 Å². The molecule has 1 aliphatic carbocycles. The highest BCUT2D eigenvalue weighted by atomic mass is 32.1. The molecule has 0 bridgehead atoms. The highest BCUT2D eigenvalue weighted by molar-refractivity contribution is 7.14. The van der Waals surface area contributed by atoms with Crippen molar-refractivity contribution in [1.82, 2.24) is 5.43 Å². The Kier molecular flexibility index (Phi) is 4.57. The molecule has 94 valence electrons. The normalized spacial score (nSPS) is 16.5. The molecule has 1 aromatic heterocycles. The molecule has 0 spiro atoms. The van der Waals surface area contributed by atoms with Gasteiger partial charge in [-0.1, -0.05) is 13.3 Å². The summed E-state index contributed by atoms with van der Waals surface area (Å²) in [6, 6.07) is 2.28. The number of hydrogen-bond acceptors (Lipinski definition) is 3. The van der Waals surface area contributed by atoms with Crippen molar-refractivity contribution in [3.63, 3.8) is 0 Å². The van der Waals surface area contributed by atoms with Gasteiger partial charge >= 0.3 is 0 Å². The molecule has 0 saturated carbocycles. The van der Waals surface area contributed by atoms with E-state index in [9.17, 15) is 0 Å². The summed E-state index contributed by atoms with van der Waals surface area (Å²) in [7, 11) is 0. The minimum Gasteiger partial charge on any atom is -0.308 e. The highest BCUT2D eigenvalue weighted by Crippen LogP contribution is 2.29. The first-order valence-corrected chi connectivity index (χ1v) is 7.29. The van der Waals surface area contributed by atoms with Crippen molar-refractivity contribution < 1.29 is 0 Å². The lowest BCUT2D eigenvalue weighted by molar-refractivity contribution is 0.712. The Hall–Kier alpha value is -0.870. The van der Waals surface area contributed by atoms with E-state index >= 15 is 0 Å². The lowest BCUT2D eigenvalue weighted by Crippen LogP contribution is -2.30. The van der Waals surface area contributed by atoms with Crippen molar-refractivity contribution in [2.45, 2.75) is 45.4 Å². The average Bonchev–Trinajstić information content (AvgIpc) is 2.61. The smallest absolute Gasteiger partial charge is 0.152 e. The second kappa shape index (κ2) is 6.17. The second-order valence-corrected chi connectivity index (χ2v) is 5.63. The summed E-state index contributed by atoms with van der Waals surface area (Å²) in [5.41, 5.74) is 4.25. The van der Waals surface area contributed by atoms with E-state index in [0.717, 1.165) is 18.8 Å². The van der Waals surface area contributed by atoms with Crippen molar-refractivity contribution in [1.29, 1.82) is 0 Å². The number of amidine groups is 1. The molecule has 0 unspecified atom stereocenters. The highest BCUT2D eigenvalue weighted by Gasteiger charge is 2.14. The number of aryl methyl sites for hydroxylation is 2. The summed E-state index contributed by atoms with van der Waals surface area (Å²) in [5.74, 6) is 6.41. The molecule has 0 fully saturated rings. The summed E-state index contributed by atoms with van der Waals surface area (Å²) in [5, 5.41) is 0. The average molecular weight is 251 g/mol. The maximum absolute atomic E-state index is 5.56. The summed E-state index contributed by atoms with van der Waals surface area (Å²) in [6.45, 7) is 2.96. The number of nitrogens with two attached hydrogens (primary N) is 1. The largest absolute Gasteiger partial charge is 0.308 e. The molecule has 3 nitrogen and oxygen atoms in total. The Morgan fingerprint density at radius 2 is 2.24 bits per heavy atom. The summed E-state index contributed by atoms with van der Waals surface area (Å²) in [4.78, 5) is 7.23. The fraction of sp³-hybridized carbons (Fsp3) is 0.615. The molecule has 1 aliphatic rings. The van der Waals surface area contributed by atoms with Crippen LogP contribution in [0, 0.1) is 0 Å². The maximum atomic E-state index is 5.56. The molecule has 0 aromatic carbocycles. The Morgan fingerprint density at radius 1 is 1.41 bits per heavy atom. The van der Waals surface area contributed by atoms with Gasteiger partial charge in [0.2, 0.25) is 0 Å². The van der Waals surface area contributed by atoms with Crippen LogP contribution >= 0.6 is 11.3 Å². The second-order valence-electron chi connectivity index (χ2n) is 4.49. The van der Waals surface area contributed by atoms with E-state index in [1.54, 1.807) is 0 Å². The van der Waals surface area contributed by atoms with Gasteiger partial charge in [-0.05, 0) is 43.7 Å². The predicted molar refractivity (Wildman–Crippen MR) is 74.6 cm³/mol. The van der Waals surface area contributed by atoms with E-state index in [4.69, 9.17) is 5.84 Å². The van der Waals surface area contributed by atoms with Crippen LogP contribution in [0.4, 0.5) is 0 Å². The number of nitrogens with zero attached hydrogens (tertiary/aromatic N) is 1. The van der Waals surface area contributed by atoms with E-state index < -0.39 is 0 Å². The van der Waals surface area contributed by atoms with Crippen LogP contribution < -0.4 is 11.3 Å². The van der Waals surface area contributed by atoms with Crippen LogP contribution in [0.2, 0.25) is 0 Å². The van der Waals surface area contributed by atoms with Gasteiger partial charge in [-0.25, -0.2) is 5.84 Å². The maximum Gasteiger partial charge on any atom is 0.152 e. The molecule has 0 amide bonds. The van der Waals surface area contributed by atoms with Crippen molar-refractivity contribution in [3.05, 3.63) is 21.4 Å². The number of thiophene rings is 1. The van der Waals surface area contributed by atoms with E-state index in [-0.39, 0.29) is 0 Å². The van der Waals surface area contributed by atoms with Crippen LogP contribution in [0.15, 0.2) is 11.1 Å². The first-order valence-electron chi connectivity index (χ1n) is 6.48. The van der Waals surface area contributed by atoms with Gasteiger partial charge in [0.1, 0.15) is 0 Å². The third-order valence-electron chi connectivity index (χ3n) is 3.11. The molecule has 1 aromatic rings. The fourth-order valence-corrected chi connectivity index (χ4v) is 3.43. The van der Waals surface area contributed by atoms with Crippen LogP contribution in [0.3, 0.4) is 0 Å². The van der Waals surface area contributed by atoms with E-state index in [2.05, 4.69) is 23.4 Å². The van der Waals surface area contributed by atoms with Gasteiger partial charge in [0.15, 0.2) is 5.84 Å². The van der Waals surface area contributed by atoms with Crippen LogP contribution in [-0.4, -0.2) is 12.4 Å². The van der Waals surface area contributed by atoms with Crippen LogP contribution in [-0.2, 0) is 12.8 Å². The molecule has 4 heteroatoms. The number of fused-ring (bicyclic) bond motifs is 1. The van der Waals surface area contributed by atoms with Crippen molar-refractivity contribution in [3.8, 4) is 0 Å².